The first-order valence-electron chi connectivity index (χ1n) is 6.87. The lowest BCUT2D eigenvalue weighted by Crippen LogP contribution is -2.33. The standard InChI is InChI=1S/C16H14F4N2O2/c1-10-8-13(22(2)21-10)14(23)7-6-11-4-3-5-12(9-11)24-16(19,20)15(17)18/h3-9,15H,1-2H3/b7-6+. The molecule has 128 valence electrons. The van der Waals surface area contributed by atoms with Crippen LogP contribution < -0.4 is 4.74 Å². The molecule has 0 fully saturated rings. The number of nitrogens with zero attached hydrogens (tertiary/aromatic N) is 2. The largest absolute Gasteiger partial charge is 0.461 e. The number of carbonyl (C=O) groups excluding carboxylic acids is 1. The van der Waals surface area contributed by atoms with Gasteiger partial charge in [-0.15, -0.1) is 0 Å². The number of benzene rings is 1. The summed E-state index contributed by atoms with van der Waals surface area (Å²) in [7, 11) is 1.62. The summed E-state index contributed by atoms with van der Waals surface area (Å²) in [5.74, 6) is -0.756. The Morgan fingerprint density at radius 1 is 1.33 bits per heavy atom. The zero-order valence-electron chi connectivity index (χ0n) is 12.8. The summed E-state index contributed by atoms with van der Waals surface area (Å²) in [6.07, 6.45) is -5.91. The number of aryl methyl sites for hydroxylation is 2. The Hall–Kier alpha value is -2.64. The Morgan fingerprint density at radius 2 is 2.04 bits per heavy atom. The van der Waals surface area contributed by atoms with Crippen molar-refractivity contribution in [3.8, 4) is 5.75 Å². The van der Waals surface area contributed by atoms with E-state index in [-0.39, 0.29) is 5.78 Å². The molecule has 0 bridgehead atoms. The van der Waals surface area contributed by atoms with Crippen LogP contribution in [0.5, 0.6) is 5.75 Å². The fourth-order valence-corrected chi connectivity index (χ4v) is 1.98. The van der Waals surface area contributed by atoms with Gasteiger partial charge < -0.3 is 4.74 Å². The molecule has 0 saturated heterocycles. The van der Waals surface area contributed by atoms with Crippen molar-refractivity contribution in [2.75, 3.05) is 0 Å². The molecule has 0 spiro atoms. The number of halogens is 4. The van der Waals surface area contributed by atoms with Crippen LogP contribution in [0.15, 0.2) is 36.4 Å². The third kappa shape index (κ3) is 4.21. The van der Waals surface area contributed by atoms with Crippen LogP contribution in [0.3, 0.4) is 0 Å². The van der Waals surface area contributed by atoms with Gasteiger partial charge >= 0.3 is 12.5 Å². The Bertz CT molecular complexity index is 769. The van der Waals surface area contributed by atoms with Crippen LogP contribution in [0, 0.1) is 6.92 Å². The summed E-state index contributed by atoms with van der Waals surface area (Å²) in [4.78, 5) is 12.1. The van der Waals surface area contributed by atoms with Crippen molar-refractivity contribution in [1.29, 1.82) is 0 Å². The molecule has 0 aliphatic rings. The molecule has 0 N–H and O–H groups in total. The molecule has 4 nitrogen and oxygen atoms in total. The summed E-state index contributed by atoms with van der Waals surface area (Å²) < 4.78 is 55.5. The fourth-order valence-electron chi connectivity index (χ4n) is 1.98. The zero-order valence-corrected chi connectivity index (χ0v) is 12.8. The number of allylic oxidation sites excluding steroid dienone is 1. The molecule has 0 unspecified atom stereocenters. The van der Waals surface area contributed by atoms with Crippen molar-refractivity contribution in [2.45, 2.75) is 19.5 Å². The van der Waals surface area contributed by atoms with Crippen LogP contribution >= 0.6 is 0 Å². The van der Waals surface area contributed by atoms with Gasteiger partial charge in [0, 0.05) is 7.05 Å². The first-order chi connectivity index (χ1) is 11.2. The molecule has 24 heavy (non-hydrogen) atoms. The minimum Gasteiger partial charge on any atom is -0.428 e. The van der Waals surface area contributed by atoms with E-state index in [1.165, 1.54) is 29.0 Å². The summed E-state index contributed by atoms with van der Waals surface area (Å²) >= 11 is 0. The van der Waals surface area contributed by atoms with Gasteiger partial charge in [-0.25, -0.2) is 0 Å². The summed E-state index contributed by atoms with van der Waals surface area (Å²) in [6.45, 7) is 1.74. The molecule has 0 atom stereocenters. The normalized spacial score (nSPS) is 12.1. The predicted molar refractivity (Wildman–Crippen MR) is 79.3 cm³/mol. The second-order valence-corrected chi connectivity index (χ2v) is 5.03. The number of alkyl halides is 4. The van der Waals surface area contributed by atoms with E-state index in [0.717, 1.165) is 12.1 Å². The number of ether oxygens (including phenoxy) is 1. The van der Waals surface area contributed by atoms with Crippen molar-refractivity contribution in [2.24, 2.45) is 7.05 Å². The molecular formula is C16H14F4N2O2. The average molecular weight is 342 g/mol. The van der Waals surface area contributed by atoms with E-state index in [0.29, 0.717) is 17.0 Å². The quantitative estimate of drug-likeness (QED) is 0.455. The molecule has 0 radical (unpaired) electrons. The molecule has 2 rings (SSSR count). The van der Waals surface area contributed by atoms with Gasteiger partial charge in [-0.05, 0) is 36.8 Å². The minimum absolute atomic E-state index is 0.331. The van der Waals surface area contributed by atoms with E-state index in [1.807, 2.05) is 0 Å². The Balaban J connectivity index is 2.14. The molecule has 1 aromatic heterocycles. The Kier molecular flexibility index (Phi) is 5.06. The van der Waals surface area contributed by atoms with E-state index >= 15 is 0 Å². The lowest BCUT2D eigenvalue weighted by atomic mass is 10.1. The maximum Gasteiger partial charge on any atom is 0.461 e. The molecule has 8 heteroatoms. The van der Waals surface area contributed by atoms with E-state index in [9.17, 15) is 22.4 Å². The topological polar surface area (TPSA) is 44.1 Å². The number of hydrogen-bond donors (Lipinski definition) is 0. The number of hydrogen-bond acceptors (Lipinski definition) is 3. The van der Waals surface area contributed by atoms with Crippen LogP contribution in [0.2, 0.25) is 0 Å². The smallest absolute Gasteiger partial charge is 0.428 e. The van der Waals surface area contributed by atoms with Crippen LogP contribution in [-0.2, 0) is 7.05 Å². The third-order valence-corrected chi connectivity index (χ3v) is 3.05. The van der Waals surface area contributed by atoms with Gasteiger partial charge in [0.25, 0.3) is 0 Å². The second kappa shape index (κ2) is 6.86. The van der Waals surface area contributed by atoms with Crippen LogP contribution in [0.25, 0.3) is 6.08 Å². The van der Waals surface area contributed by atoms with Crippen molar-refractivity contribution in [1.82, 2.24) is 9.78 Å². The maximum absolute atomic E-state index is 12.9. The summed E-state index contributed by atoms with van der Waals surface area (Å²) in [5.41, 5.74) is 1.39. The predicted octanol–water partition coefficient (Wildman–Crippen LogP) is 3.86. The average Bonchev–Trinajstić information content (AvgIpc) is 2.83. The fraction of sp³-hybridized carbons (Fsp3) is 0.250. The van der Waals surface area contributed by atoms with Crippen molar-refractivity contribution >= 4 is 11.9 Å². The minimum atomic E-state index is -4.58. The highest BCUT2D eigenvalue weighted by Gasteiger charge is 2.43. The highest BCUT2D eigenvalue weighted by molar-refractivity contribution is 6.05. The van der Waals surface area contributed by atoms with Gasteiger partial charge in [0.15, 0.2) is 0 Å². The van der Waals surface area contributed by atoms with Gasteiger partial charge in [-0.3, -0.25) is 9.48 Å². The third-order valence-electron chi connectivity index (χ3n) is 3.05. The number of rotatable bonds is 6. The van der Waals surface area contributed by atoms with Crippen molar-refractivity contribution < 1.29 is 27.1 Å². The van der Waals surface area contributed by atoms with Gasteiger partial charge in [0.05, 0.1) is 5.69 Å². The molecular weight excluding hydrogens is 328 g/mol. The van der Waals surface area contributed by atoms with Gasteiger partial charge in [0.2, 0.25) is 5.78 Å². The first kappa shape index (κ1) is 17.7. The van der Waals surface area contributed by atoms with E-state index < -0.39 is 18.3 Å². The first-order valence-corrected chi connectivity index (χ1v) is 6.87. The molecule has 1 aromatic carbocycles. The maximum atomic E-state index is 12.9. The van der Waals surface area contributed by atoms with Gasteiger partial charge in [0.1, 0.15) is 11.4 Å². The monoisotopic (exact) mass is 342 g/mol. The lowest BCUT2D eigenvalue weighted by molar-refractivity contribution is -0.253. The highest BCUT2D eigenvalue weighted by atomic mass is 19.3. The SMILES string of the molecule is Cc1cc(C(=O)/C=C/c2cccc(OC(F)(F)C(F)F)c2)n(C)n1. The molecule has 1 heterocycles. The van der Waals surface area contributed by atoms with Crippen molar-refractivity contribution in [3.05, 3.63) is 53.4 Å². The number of aromatic nitrogens is 2. The van der Waals surface area contributed by atoms with Gasteiger partial charge in [-0.2, -0.15) is 22.7 Å². The molecule has 0 aliphatic carbocycles. The van der Waals surface area contributed by atoms with Gasteiger partial charge in [-0.1, -0.05) is 18.2 Å². The Labute approximate surface area is 135 Å². The van der Waals surface area contributed by atoms with Crippen molar-refractivity contribution in [3.63, 3.8) is 0 Å². The van der Waals surface area contributed by atoms with Crippen LogP contribution in [0.1, 0.15) is 21.7 Å². The summed E-state index contributed by atoms with van der Waals surface area (Å²) in [5, 5.41) is 4.05. The lowest BCUT2D eigenvalue weighted by Gasteiger charge is -2.16. The molecule has 0 aliphatic heterocycles. The number of ketones is 1. The Morgan fingerprint density at radius 3 is 2.62 bits per heavy atom. The van der Waals surface area contributed by atoms with E-state index in [4.69, 9.17) is 0 Å². The molecule has 0 saturated carbocycles. The van der Waals surface area contributed by atoms with E-state index in [1.54, 1.807) is 20.0 Å². The highest BCUT2D eigenvalue weighted by Crippen LogP contribution is 2.28. The van der Waals surface area contributed by atoms with Crippen LogP contribution in [-0.4, -0.2) is 28.1 Å². The summed E-state index contributed by atoms with van der Waals surface area (Å²) in [6, 6.07) is 6.74. The zero-order chi connectivity index (χ0) is 17.9. The second-order valence-electron chi connectivity index (χ2n) is 5.03. The molecule has 0 amide bonds. The molecule has 2 aromatic rings. The van der Waals surface area contributed by atoms with E-state index in [2.05, 4.69) is 9.84 Å². The number of carbonyl (C=O) groups is 1. The van der Waals surface area contributed by atoms with Crippen LogP contribution in [0.4, 0.5) is 17.6 Å².